The summed E-state index contributed by atoms with van der Waals surface area (Å²) in [4.78, 5) is 7.85. The van der Waals surface area contributed by atoms with Gasteiger partial charge < -0.3 is 10.3 Å². The molecule has 2 N–H and O–H groups in total. The Labute approximate surface area is 74.6 Å². The minimum atomic E-state index is 0.436. The molecule has 0 aliphatic rings. The van der Waals surface area contributed by atoms with E-state index in [9.17, 15) is 0 Å². The number of rotatable bonds is 1. The van der Waals surface area contributed by atoms with E-state index in [0.717, 1.165) is 17.0 Å². The minimum Gasteiger partial charge on any atom is -0.384 e. The van der Waals surface area contributed by atoms with E-state index in [1.165, 1.54) is 6.33 Å². The highest BCUT2D eigenvalue weighted by Crippen LogP contribution is 2.20. The zero-order chi connectivity index (χ0) is 9.26. The molecule has 0 amide bonds. The number of aromatic nitrogens is 3. The molecule has 0 saturated heterocycles. The predicted octanol–water partition coefficient (Wildman–Crippen LogP) is 1.02. The summed E-state index contributed by atoms with van der Waals surface area (Å²) in [7, 11) is 0. The van der Waals surface area contributed by atoms with Gasteiger partial charge >= 0.3 is 0 Å². The fourth-order valence-corrected chi connectivity index (χ4v) is 1.06. The van der Waals surface area contributed by atoms with Crippen LogP contribution >= 0.6 is 0 Å². The lowest BCUT2D eigenvalue weighted by atomic mass is 10.2. The van der Waals surface area contributed by atoms with Crippen molar-refractivity contribution in [2.75, 3.05) is 5.73 Å². The molecule has 0 aliphatic carbocycles. The number of anilines is 1. The molecule has 2 rings (SSSR count). The van der Waals surface area contributed by atoms with Gasteiger partial charge in [-0.05, 0) is 6.92 Å². The zero-order valence-corrected chi connectivity index (χ0v) is 7.06. The first-order chi connectivity index (χ1) is 6.27. The lowest BCUT2D eigenvalue weighted by Crippen LogP contribution is -1.92. The normalized spacial score (nSPS) is 10.2. The van der Waals surface area contributed by atoms with Crippen molar-refractivity contribution in [3.05, 3.63) is 24.4 Å². The third-order valence-electron chi connectivity index (χ3n) is 1.71. The van der Waals surface area contributed by atoms with Gasteiger partial charge in [-0.1, -0.05) is 5.16 Å². The molecule has 0 unspecified atom stereocenters. The first kappa shape index (κ1) is 7.72. The van der Waals surface area contributed by atoms with E-state index < -0.39 is 0 Å². The number of hydrogen-bond acceptors (Lipinski definition) is 5. The van der Waals surface area contributed by atoms with Crippen LogP contribution in [0.3, 0.4) is 0 Å². The quantitative estimate of drug-likeness (QED) is 0.701. The fourth-order valence-electron chi connectivity index (χ4n) is 1.06. The van der Waals surface area contributed by atoms with E-state index in [4.69, 9.17) is 10.3 Å². The van der Waals surface area contributed by atoms with Gasteiger partial charge in [-0.2, -0.15) is 0 Å². The molecule has 0 atom stereocenters. The molecule has 5 nitrogen and oxygen atoms in total. The Bertz CT molecular complexity index is 424. The molecule has 0 spiro atoms. The van der Waals surface area contributed by atoms with Crippen LogP contribution in [0.2, 0.25) is 0 Å². The largest absolute Gasteiger partial charge is 0.384 e. The van der Waals surface area contributed by atoms with Gasteiger partial charge in [0.05, 0.1) is 17.5 Å². The second-order valence-electron chi connectivity index (χ2n) is 2.62. The van der Waals surface area contributed by atoms with E-state index in [1.807, 2.05) is 6.92 Å². The molecule has 0 radical (unpaired) electrons. The highest BCUT2D eigenvalue weighted by molar-refractivity contribution is 5.61. The molecule has 13 heavy (non-hydrogen) atoms. The van der Waals surface area contributed by atoms with Crippen molar-refractivity contribution in [2.45, 2.75) is 6.92 Å². The zero-order valence-electron chi connectivity index (χ0n) is 7.06. The monoisotopic (exact) mass is 176 g/mol. The smallest absolute Gasteiger partial charge is 0.143 e. The van der Waals surface area contributed by atoms with Gasteiger partial charge in [0, 0.05) is 6.07 Å². The van der Waals surface area contributed by atoms with Crippen molar-refractivity contribution in [3.63, 3.8) is 0 Å². The van der Waals surface area contributed by atoms with Gasteiger partial charge in [-0.15, -0.1) is 0 Å². The van der Waals surface area contributed by atoms with Crippen LogP contribution in [0.4, 0.5) is 5.82 Å². The Morgan fingerprint density at radius 2 is 2.23 bits per heavy atom. The van der Waals surface area contributed by atoms with Crippen molar-refractivity contribution in [1.82, 2.24) is 15.1 Å². The first-order valence-corrected chi connectivity index (χ1v) is 3.76. The lowest BCUT2D eigenvalue weighted by Gasteiger charge is -1.96. The van der Waals surface area contributed by atoms with Gasteiger partial charge in [0.15, 0.2) is 0 Å². The Balaban J connectivity index is 2.53. The van der Waals surface area contributed by atoms with Gasteiger partial charge in [0.2, 0.25) is 0 Å². The summed E-state index contributed by atoms with van der Waals surface area (Å²) in [6, 6.07) is 1.68. The molecule has 0 aliphatic heterocycles. The number of nitrogen functional groups attached to an aromatic ring is 1. The molecular formula is C8H8N4O. The second-order valence-corrected chi connectivity index (χ2v) is 2.62. The predicted molar refractivity (Wildman–Crippen MR) is 46.7 cm³/mol. The number of aryl methyl sites for hydroxylation is 1. The average molecular weight is 176 g/mol. The average Bonchev–Trinajstić information content (AvgIpc) is 2.51. The maximum Gasteiger partial charge on any atom is 0.143 e. The van der Waals surface area contributed by atoms with Gasteiger partial charge in [0.1, 0.15) is 17.9 Å². The van der Waals surface area contributed by atoms with Crippen LogP contribution in [-0.2, 0) is 0 Å². The van der Waals surface area contributed by atoms with Crippen molar-refractivity contribution in [3.8, 4) is 11.3 Å². The van der Waals surface area contributed by atoms with Gasteiger partial charge in [0.25, 0.3) is 0 Å². The number of nitrogens with two attached hydrogens (primary N) is 1. The Morgan fingerprint density at radius 1 is 1.38 bits per heavy atom. The van der Waals surface area contributed by atoms with Crippen LogP contribution in [0.15, 0.2) is 23.1 Å². The summed E-state index contributed by atoms with van der Waals surface area (Å²) in [5.74, 6) is 1.16. The van der Waals surface area contributed by atoms with Gasteiger partial charge in [-0.3, -0.25) is 0 Å². The lowest BCUT2D eigenvalue weighted by molar-refractivity contribution is 0.398. The van der Waals surface area contributed by atoms with Crippen LogP contribution in [0.25, 0.3) is 11.3 Å². The maximum atomic E-state index is 5.51. The minimum absolute atomic E-state index is 0.436. The Morgan fingerprint density at radius 3 is 2.85 bits per heavy atom. The van der Waals surface area contributed by atoms with Crippen molar-refractivity contribution >= 4 is 5.82 Å². The van der Waals surface area contributed by atoms with E-state index >= 15 is 0 Å². The van der Waals surface area contributed by atoms with Crippen molar-refractivity contribution < 1.29 is 4.52 Å². The van der Waals surface area contributed by atoms with E-state index in [0.29, 0.717) is 5.82 Å². The highest BCUT2D eigenvalue weighted by Gasteiger charge is 2.07. The molecule has 0 saturated carbocycles. The molecule has 0 bridgehead atoms. The molecule has 66 valence electrons. The third kappa shape index (κ3) is 1.35. The molecule has 2 aromatic heterocycles. The summed E-state index contributed by atoms with van der Waals surface area (Å²) in [6.07, 6.45) is 3.02. The molecule has 2 aromatic rings. The standard InChI is InChI=1S/C8H8N4O/c1-5-6(3-12-13-5)7-2-8(9)11-4-10-7/h2-4H,1H3,(H2,9,10,11). The first-order valence-electron chi connectivity index (χ1n) is 3.76. The Hall–Kier alpha value is -1.91. The summed E-state index contributed by atoms with van der Waals surface area (Å²) < 4.78 is 4.91. The molecule has 0 aromatic carbocycles. The fraction of sp³-hybridized carbons (Fsp3) is 0.125. The second kappa shape index (κ2) is 2.85. The maximum absolute atomic E-state index is 5.51. The molecule has 5 heteroatoms. The SMILES string of the molecule is Cc1oncc1-c1cc(N)ncn1. The molecule has 2 heterocycles. The van der Waals surface area contributed by atoms with Crippen LogP contribution in [0, 0.1) is 6.92 Å². The van der Waals surface area contributed by atoms with Crippen LogP contribution < -0.4 is 5.73 Å². The summed E-state index contributed by atoms with van der Waals surface area (Å²) in [5, 5.41) is 3.65. The van der Waals surface area contributed by atoms with E-state index in [-0.39, 0.29) is 0 Å². The van der Waals surface area contributed by atoms with Crippen molar-refractivity contribution in [2.24, 2.45) is 0 Å². The summed E-state index contributed by atoms with van der Waals surface area (Å²) in [6.45, 7) is 1.82. The van der Waals surface area contributed by atoms with E-state index in [2.05, 4.69) is 15.1 Å². The summed E-state index contributed by atoms with van der Waals surface area (Å²) >= 11 is 0. The van der Waals surface area contributed by atoms with Crippen LogP contribution in [-0.4, -0.2) is 15.1 Å². The topological polar surface area (TPSA) is 77.8 Å². The van der Waals surface area contributed by atoms with Crippen LogP contribution in [0.5, 0.6) is 0 Å². The highest BCUT2D eigenvalue weighted by atomic mass is 16.5. The van der Waals surface area contributed by atoms with Crippen molar-refractivity contribution in [1.29, 1.82) is 0 Å². The van der Waals surface area contributed by atoms with E-state index in [1.54, 1.807) is 12.3 Å². The van der Waals surface area contributed by atoms with Crippen LogP contribution in [0.1, 0.15) is 5.76 Å². The molecule has 0 fully saturated rings. The van der Waals surface area contributed by atoms with Gasteiger partial charge in [-0.25, -0.2) is 9.97 Å². The number of nitrogens with zero attached hydrogens (tertiary/aromatic N) is 3. The third-order valence-corrected chi connectivity index (χ3v) is 1.71. The molecular weight excluding hydrogens is 168 g/mol. The number of hydrogen-bond donors (Lipinski definition) is 1. The summed E-state index contributed by atoms with van der Waals surface area (Å²) in [5.41, 5.74) is 7.08. The Kier molecular flexibility index (Phi) is 1.70.